The van der Waals surface area contributed by atoms with Gasteiger partial charge in [0.1, 0.15) is 5.75 Å². The monoisotopic (exact) mass is 457 g/mol. The molecule has 2 aromatic carbocycles. The maximum absolute atomic E-state index is 13.5. The van der Waals surface area contributed by atoms with Crippen LogP contribution in [0.5, 0.6) is 5.75 Å². The van der Waals surface area contributed by atoms with Crippen molar-refractivity contribution in [3.63, 3.8) is 0 Å². The number of benzene rings is 2. The van der Waals surface area contributed by atoms with E-state index in [2.05, 4.69) is 22.3 Å². The standard InChI is InChI=1S/C24H31N3O4S/c1-3-32(29,30)22-14-19(21(31-2)15-20(22)25)23(28)26-24-12-7-10-18(11-13-24)27(24)16-17-8-5-4-6-9-17/h4-6,8-9,14-15,18H,3,7,10-13,16,25H2,1-2H3,(H,26,28). The summed E-state index contributed by atoms with van der Waals surface area (Å²) >= 11 is 0. The van der Waals surface area contributed by atoms with Crippen molar-refractivity contribution in [2.24, 2.45) is 0 Å². The summed E-state index contributed by atoms with van der Waals surface area (Å²) in [5.41, 5.74) is 7.01. The Morgan fingerprint density at radius 2 is 1.97 bits per heavy atom. The van der Waals surface area contributed by atoms with Crippen LogP contribution in [-0.2, 0) is 16.4 Å². The van der Waals surface area contributed by atoms with Crippen molar-refractivity contribution in [1.29, 1.82) is 0 Å². The Morgan fingerprint density at radius 3 is 2.66 bits per heavy atom. The van der Waals surface area contributed by atoms with E-state index >= 15 is 0 Å². The Kier molecular flexibility index (Phi) is 6.18. The molecule has 2 bridgehead atoms. The third kappa shape index (κ3) is 4.09. The number of carbonyl (C=O) groups excluding carboxylic acids is 1. The minimum absolute atomic E-state index is 0.0301. The number of carbonyl (C=O) groups is 1. The first-order valence-electron chi connectivity index (χ1n) is 11.1. The Balaban J connectivity index is 1.67. The number of ether oxygens (including phenoxy) is 1. The molecule has 0 spiro atoms. The fraction of sp³-hybridized carbons (Fsp3) is 0.458. The van der Waals surface area contributed by atoms with Crippen LogP contribution >= 0.6 is 0 Å². The van der Waals surface area contributed by atoms with Crippen LogP contribution in [0.3, 0.4) is 0 Å². The largest absolute Gasteiger partial charge is 0.496 e. The molecule has 172 valence electrons. The van der Waals surface area contributed by atoms with Crippen LogP contribution in [0.4, 0.5) is 5.69 Å². The number of anilines is 1. The molecule has 8 heteroatoms. The van der Waals surface area contributed by atoms with Crippen LogP contribution in [0.25, 0.3) is 0 Å². The average Bonchev–Trinajstić information content (AvgIpc) is 2.96. The highest BCUT2D eigenvalue weighted by Gasteiger charge is 2.49. The van der Waals surface area contributed by atoms with Gasteiger partial charge in [-0.3, -0.25) is 9.69 Å². The van der Waals surface area contributed by atoms with Gasteiger partial charge in [-0.15, -0.1) is 0 Å². The van der Waals surface area contributed by atoms with Crippen molar-refractivity contribution in [3.05, 3.63) is 53.6 Å². The second-order valence-electron chi connectivity index (χ2n) is 8.68. The number of hydrogen-bond donors (Lipinski definition) is 2. The molecule has 0 aliphatic carbocycles. The number of nitrogens with two attached hydrogens (primary N) is 1. The van der Waals surface area contributed by atoms with Crippen LogP contribution in [-0.4, -0.2) is 43.8 Å². The maximum Gasteiger partial charge on any atom is 0.256 e. The number of hydrogen-bond acceptors (Lipinski definition) is 6. The highest BCUT2D eigenvalue weighted by molar-refractivity contribution is 7.91. The molecule has 3 N–H and O–H groups in total. The van der Waals surface area contributed by atoms with E-state index in [1.807, 2.05) is 18.2 Å². The molecular weight excluding hydrogens is 426 g/mol. The highest BCUT2D eigenvalue weighted by Crippen LogP contribution is 2.44. The van der Waals surface area contributed by atoms with E-state index in [1.54, 1.807) is 6.92 Å². The third-order valence-corrected chi connectivity index (χ3v) is 8.63. The normalized spacial score (nSPS) is 23.1. The number of sulfone groups is 1. The number of rotatable bonds is 7. The Morgan fingerprint density at radius 1 is 1.22 bits per heavy atom. The van der Waals surface area contributed by atoms with Gasteiger partial charge in [0.05, 0.1) is 34.7 Å². The summed E-state index contributed by atoms with van der Waals surface area (Å²) in [6, 6.07) is 13.5. The van der Waals surface area contributed by atoms with E-state index in [1.165, 1.54) is 24.8 Å². The molecule has 2 heterocycles. The summed E-state index contributed by atoms with van der Waals surface area (Å²) in [6.45, 7) is 2.32. The van der Waals surface area contributed by atoms with Crippen LogP contribution in [0.2, 0.25) is 0 Å². The lowest BCUT2D eigenvalue weighted by Gasteiger charge is -2.45. The molecule has 4 rings (SSSR count). The van der Waals surface area contributed by atoms with Gasteiger partial charge >= 0.3 is 0 Å². The minimum atomic E-state index is -3.58. The highest BCUT2D eigenvalue weighted by atomic mass is 32.2. The van der Waals surface area contributed by atoms with Gasteiger partial charge in [-0.05, 0) is 43.7 Å². The molecule has 2 unspecified atom stereocenters. The van der Waals surface area contributed by atoms with Gasteiger partial charge < -0.3 is 15.8 Å². The van der Waals surface area contributed by atoms with E-state index < -0.39 is 15.5 Å². The molecular formula is C24H31N3O4S. The Bertz CT molecular complexity index is 1100. The van der Waals surface area contributed by atoms with E-state index in [9.17, 15) is 13.2 Å². The average molecular weight is 458 g/mol. The Hall–Kier alpha value is -2.58. The number of nitrogen functional groups attached to an aromatic ring is 1. The fourth-order valence-corrected chi connectivity index (χ4v) is 6.16. The minimum Gasteiger partial charge on any atom is -0.496 e. The second kappa shape index (κ2) is 8.75. The molecule has 0 saturated carbocycles. The summed E-state index contributed by atoms with van der Waals surface area (Å²) in [7, 11) is -2.13. The van der Waals surface area contributed by atoms with Gasteiger partial charge in [0.25, 0.3) is 5.91 Å². The van der Waals surface area contributed by atoms with E-state index in [0.717, 1.165) is 38.6 Å². The van der Waals surface area contributed by atoms with Crippen LogP contribution in [0, 0.1) is 0 Å². The first-order chi connectivity index (χ1) is 15.3. The van der Waals surface area contributed by atoms with Crippen LogP contribution < -0.4 is 15.8 Å². The molecule has 2 atom stereocenters. The van der Waals surface area contributed by atoms with Crippen molar-refractivity contribution in [3.8, 4) is 5.75 Å². The van der Waals surface area contributed by atoms with Crippen molar-refractivity contribution in [1.82, 2.24) is 10.2 Å². The van der Waals surface area contributed by atoms with Crippen molar-refractivity contribution < 1.29 is 17.9 Å². The quantitative estimate of drug-likeness (QED) is 0.619. The van der Waals surface area contributed by atoms with Gasteiger partial charge in [0.2, 0.25) is 0 Å². The molecule has 0 radical (unpaired) electrons. The molecule has 2 saturated heterocycles. The second-order valence-corrected chi connectivity index (χ2v) is 10.9. The van der Waals surface area contributed by atoms with E-state index in [0.29, 0.717) is 6.04 Å². The first kappa shape index (κ1) is 22.6. The maximum atomic E-state index is 13.5. The summed E-state index contributed by atoms with van der Waals surface area (Å²) in [5.74, 6) is -0.164. The molecule has 2 fully saturated rings. The SMILES string of the molecule is CCS(=O)(=O)c1cc(C(=O)NC23CCCC(CC2)N3Cc2ccccc2)c(OC)cc1N. The number of nitrogens with zero attached hydrogens (tertiary/aromatic N) is 1. The summed E-state index contributed by atoms with van der Waals surface area (Å²) < 4.78 is 30.4. The lowest BCUT2D eigenvalue weighted by Crippen LogP contribution is -2.60. The first-order valence-corrected chi connectivity index (χ1v) is 12.8. The zero-order valence-corrected chi connectivity index (χ0v) is 19.5. The summed E-state index contributed by atoms with van der Waals surface area (Å²) in [4.78, 5) is 15.9. The van der Waals surface area contributed by atoms with Crippen molar-refractivity contribution >= 4 is 21.4 Å². The molecule has 2 aliphatic heterocycles. The Labute approximate surface area is 189 Å². The van der Waals surface area contributed by atoms with Gasteiger partial charge in [-0.1, -0.05) is 37.3 Å². The van der Waals surface area contributed by atoms with Crippen molar-refractivity contribution in [2.45, 2.75) is 62.2 Å². The molecule has 0 aromatic heterocycles. The number of fused-ring (bicyclic) bond motifs is 2. The summed E-state index contributed by atoms with van der Waals surface area (Å²) in [6.07, 6.45) is 4.92. The smallest absolute Gasteiger partial charge is 0.256 e. The lowest BCUT2D eigenvalue weighted by atomic mass is 9.95. The number of nitrogens with one attached hydrogen (secondary N) is 1. The van der Waals surface area contributed by atoms with Gasteiger partial charge in [-0.2, -0.15) is 0 Å². The van der Waals surface area contributed by atoms with E-state index in [-0.39, 0.29) is 33.6 Å². The fourth-order valence-electron chi connectivity index (χ4n) is 5.14. The lowest BCUT2D eigenvalue weighted by molar-refractivity contribution is 0.0184. The zero-order valence-electron chi connectivity index (χ0n) is 18.6. The summed E-state index contributed by atoms with van der Waals surface area (Å²) in [5, 5.41) is 3.27. The van der Waals surface area contributed by atoms with Crippen molar-refractivity contribution in [2.75, 3.05) is 18.6 Å². The number of amides is 1. The van der Waals surface area contributed by atoms with Crippen LogP contribution in [0.15, 0.2) is 47.4 Å². The number of piperidine rings is 1. The predicted molar refractivity (Wildman–Crippen MR) is 124 cm³/mol. The molecule has 2 aliphatic rings. The van der Waals surface area contributed by atoms with Crippen LogP contribution in [0.1, 0.15) is 54.9 Å². The van der Waals surface area contributed by atoms with E-state index in [4.69, 9.17) is 10.5 Å². The topological polar surface area (TPSA) is 102 Å². The predicted octanol–water partition coefficient (Wildman–Crippen LogP) is 3.35. The third-order valence-electron chi connectivity index (χ3n) is 6.84. The molecule has 1 amide bonds. The van der Waals surface area contributed by atoms with Gasteiger partial charge in [-0.25, -0.2) is 8.42 Å². The zero-order chi connectivity index (χ0) is 22.9. The van der Waals surface area contributed by atoms with Gasteiger partial charge in [0, 0.05) is 18.7 Å². The molecule has 2 aromatic rings. The number of methoxy groups -OCH3 is 1. The van der Waals surface area contributed by atoms with Gasteiger partial charge in [0.15, 0.2) is 9.84 Å². The molecule has 7 nitrogen and oxygen atoms in total. The molecule has 32 heavy (non-hydrogen) atoms.